The normalized spacial score (nSPS) is 13.0. The molecule has 0 fully saturated rings. The average molecular weight is 153 g/mol. The van der Waals surface area contributed by atoms with Gasteiger partial charge in [-0.25, -0.2) is 0 Å². The van der Waals surface area contributed by atoms with Crippen molar-refractivity contribution in [3.05, 3.63) is 12.8 Å². The van der Waals surface area contributed by atoms with Crippen molar-refractivity contribution in [1.29, 1.82) is 0 Å². The molecule has 0 aliphatic heterocycles. The van der Waals surface area contributed by atoms with E-state index in [2.05, 4.69) is 16.3 Å². The van der Waals surface area contributed by atoms with Crippen molar-refractivity contribution in [1.82, 2.24) is 0 Å². The summed E-state index contributed by atoms with van der Waals surface area (Å²) in [6, 6.07) is 0. The van der Waals surface area contributed by atoms with Crippen molar-refractivity contribution in [2.24, 2.45) is 4.99 Å². The van der Waals surface area contributed by atoms with E-state index in [1.807, 2.05) is 0 Å². The molecule has 0 atom stereocenters. The quantitative estimate of drug-likeness (QED) is 0.319. The van der Waals surface area contributed by atoms with Gasteiger partial charge < -0.3 is 4.74 Å². The molecule has 0 aromatic rings. The fourth-order valence-corrected chi connectivity index (χ4v) is 0.325. The van der Waals surface area contributed by atoms with Crippen molar-refractivity contribution in [3.63, 3.8) is 0 Å². The molecule has 0 amide bonds. The fraction of sp³-hybridized carbons (Fsp3) is 0.400. The lowest BCUT2D eigenvalue weighted by Gasteiger charge is -2.06. The summed E-state index contributed by atoms with van der Waals surface area (Å²) in [5.41, 5.74) is 0. The monoisotopic (exact) mass is 153 g/mol. The van der Waals surface area contributed by atoms with Gasteiger partial charge in [0.1, 0.15) is 0 Å². The predicted octanol–water partition coefficient (Wildman–Crippen LogP) is 1.74. The van der Waals surface area contributed by atoms with Gasteiger partial charge in [0, 0.05) is 7.05 Å². The minimum absolute atomic E-state index is 0.676. The first-order valence-electron chi connectivity index (χ1n) is 2.34. The lowest BCUT2D eigenvalue weighted by atomic mass is 10.6. The van der Waals surface area contributed by atoms with Gasteiger partial charge in [-0.1, -0.05) is 6.58 Å². The molecule has 2 nitrogen and oxygen atoms in total. The summed E-state index contributed by atoms with van der Waals surface area (Å²) in [6.45, 7) is 2.96. The van der Waals surface area contributed by atoms with Gasteiger partial charge in [-0.15, -0.1) is 0 Å². The Kier molecular flexibility index (Phi) is 2.92. The summed E-state index contributed by atoms with van der Waals surface area (Å²) < 4.78 is 38.8. The van der Waals surface area contributed by atoms with Gasteiger partial charge in [0.05, 0.1) is 6.26 Å². The molecule has 0 bridgehead atoms. The molecule has 0 aromatic heterocycles. The Hall–Kier alpha value is -1.00. The van der Waals surface area contributed by atoms with Gasteiger partial charge in [-0.05, 0) is 0 Å². The smallest absolute Gasteiger partial charge is 0.444 e. The van der Waals surface area contributed by atoms with Gasteiger partial charge in [-0.2, -0.15) is 13.2 Å². The maximum Gasteiger partial charge on any atom is 0.468 e. The molecule has 0 aliphatic rings. The van der Waals surface area contributed by atoms with Crippen LogP contribution in [0.3, 0.4) is 0 Å². The molecule has 58 valence electrons. The molecule has 0 radical (unpaired) electrons. The van der Waals surface area contributed by atoms with E-state index >= 15 is 0 Å². The van der Waals surface area contributed by atoms with Crippen LogP contribution in [0.2, 0.25) is 0 Å². The second kappa shape index (κ2) is 3.24. The third kappa shape index (κ3) is 2.52. The Morgan fingerprint density at radius 3 is 2.20 bits per heavy atom. The number of ether oxygens (including phenoxy) is 1. The zero-order valence-corrected chi connectivity index (χ0v) is 5.27. The van der Waals surface area contributed by atoms with E-state index in [4.69, 9.17) is 0 Å². The first-order chi connectivity index (χ1) is 4.52. The molecule has 0 saturated heterocycles. The number of halogens is 3. The Labute approximate surface area is 56.0 Å². The van der Waals surface area contributed by atoms with Crippen LogP contribution in [0.25, 0.3) is 0 Å². The molecule has 0 saturated carbocycles. The van der Waals surface area contributed by atoms with E-state index in [1.165, 1.54) is 0 Å². The molecule has 0 aliphatic carbocycles. The number of rotatable bonds is 1. The maximum absolute atomic E-state index is 11.6. The summed E-state index contributed by atoms with van der Waals surface area (Å²) in [7, 11) is 0.992. The van der Waals surface area contributed by atoms with Crippen LogP contribution >= 0.6 is 0 Å². The summed E-state index contributed by atoms with van der Waals surface area (Å²) in [5, 5.41) is 0. The van der Waals surface area contributed by atoms with E-state index in [9.17, 15) is 13.2 Å². The van der Waals surface area contributed by atoms with Crippen molar-refractivity contribution < 1.29 is 17.9 Å². The fourth-order valence-electron chi connectivity index (χ4n) is 0.325. The van der Waals surface area contributed by atoms with Crippen LogP contribution in [0.5, 0.6) is 0 Å². The SMILES string of the molecule is C=COC(=NC)C(F)(F)F. The molecule has 0 rings (SSSR count). The number of alkyl halides is 3. The molecule has 0 spiro atoms. The first kappa shape index (κ1) is 9.00. The number of nitrogens with zero attached hydrogens (tertiary/aromatic N) is 1. The molecule has 5 heteroatoms. The Bertz CT molecular complexity index is 149. The zero-order chi connectivity index (χ0) is 8.20. The molecule has 0 aromatic carbocycles. The summed E-state index contributed by atoms with van der Waals surface area (Å²) >= 11 is 0. The van der Waals surface area contributed by atoms with Crippen LogP contribution in [0.1, 0.15) is 0 Å². The van der Waals surface area contributed by atoms with Gasteiger partial charge in [0.25, 0.3) is 5.90 Å². The molecular formula is C5H6F3NO. The highest BCUT2D eigenvalue weighted by atomic mass is 19.4. The highest BCUT2D eigenvalue weighted by molar-refractivity contribution is 5.82. The Morgan fingerprint density at radius 2 is 2.10 bits per heavy atom. The lowest BCUT2D eigenvalue weighted by molar-refractivity contribution is -0.0736. The van der Waals surface area contributed by atoms with Crippen molar-refractivity contribution in [2.45, 2.75) is 6.18 Å². The van der Waals surface area contributed by atoms with Crippen LogP contribution < -0.4 is 0 Å². The van der Waals surface area contributed by atoms with Gasteiger partial charge in [0.2, 0.25) is 0 Å². The van der Waals surface area contributed by atoms with E-state index in [-0.39, 0.29) is 0 Å². The van der Waals surface area contributed by atoms with E-state index in [0.717, 1.165) is 7.05 Å². The van der Waals surface area contributed by atoms with Crippen molar-refractivity contribution in [3.8, 4) is 0 Å². The average Bonchev–Trinajstić information content (AvgIpc) is 1.80. The standard InChI is InChI=1S/C5H6F3NO/c1-3-10-4(9-2)5(6,7)8/h3H,1H2,2H3. The lowest BCUT2D eigenvalue weighted by Crippen LogP contribution is -2.23. The summed E-state index contributed by atoms with van der Waals surface area (Å²) in [4.78, 5) is 2.85. The van der Waals surface area contributed by atoms with E-state index in [1.54, 1.807) is 0 Å². The highest BCUT2D eigenvalue weighted by Crippen LogP contribution is 2.17. The third-order valence-electron chi connectivity index (χ3n) is 0.641. The second-order valence-corrected chi connectivity index (χ2v) is 1.31. The largest absolute Gasteiger partial charge is 0.468 e. The Morgan fingerprint density at radius 1 is 1.60 bits per heavy atom. The van der Waals surface area contributed by atoms with Gasteiger partial charge in [0.15, 0.2) is 0 Å². The minimum Gasteiger partial charge on any atom is -0.444 e. The van der Waals surface area contributed by atoms with Crippen LogP contribution in [-0.2, 0) is 4.74 Å². The third-order valence-corrected chi connectivity index (χ3v) is 0.641. The Balaban J connectivity index is 4.23. The molecule has 0 heterocycles. The second-order valence-electron chi connectivity index (χ2n) is 1.31. The minimum atomic E-state index is -4.52. The van der Waals surface area contributed by atoms with Gasteiger partial charge in [-0.3, -0.25) is 4.99 Å². The maximum atomic E-state index is 11.6. The first-order valence-corrected chi connectivity index (χ1v) is 2.34. The number of hydrogen-bond donors (Lipinski definition) is 0. The molecule has 10 heavy (non-hydrogen) atoms. The zero-order valence-electron chi connectivity index (χ0n) is 5.27. The number of aliphatic imine (C=N–C) groups is 1. The highest BCUT2D eigenvalue weighted by Gasteiger charge is 2.37. The van der Waals surface area contributed by atoms with Crippen molar-refractivity contribution >= 4 is 5.90 Å². The van der Waals surface area contributed by atoms with Crippen LogP contribution in [0.4, 0.5) is 13.2 Å². The summed E-state index contributed by atoms with van der Waals surface area (Å²) in [6.07, 6.45) is -3.85. The van der Waals surface area contributed by atoms with Crippen molar-refractivity contribution in [2.75, 3.05) is 7.05 Å². The van der Waals surface area contributed by atoms with E-state index < -0.39 is 12.1 Å². The molecular weight excluding hydrogens is 147 g/mol. The van der Waals surface area contributed by atoms with Crippen LogP contribution in [0, 0.1) is 0 Å². The molecule has 0 N–H and O–H groups in total. The number of hydrogen-bond acceptors (Lipinski definition) is 2. The van der Waals surface area contributed by atoms with Crippen LogP contribution in [-0.4, -0.2) is 19.1 Å². The topological polar surface area (TPSA) is 21.6 Å². The van der Waals surface area contributed by atoms with Crippen LogP contribution in [0.15, 0.2) is 17.8 Å². The van der Waals surface area contributed by atoms with E-state index in [0.29, 0.717) is 6.26 Å². The predicted molar refractivity (Wildman–Crippen MR) is 30.7 cm³/mol. The summed E-state index contributed by atoms with van der Waals surface area (Å²) in [5.74, 6) is -1.29. The molecule has 0 unspecified atom stereocenters. The van der Waals surface area contributed by atoms with Gasteiger partial charge >= 0.3 is 6.18 Å².